The van der Waals surface area contributed by atoms with Gasteiger partial charge in [-0.25, -0.2) is 4.98 Å². The topological polar surface area (TPSA) is 63.1 Å². The lowest BCUT2D eigenvalue weighted by atomic mass is 10.1. The van der Waals surface area contributed by atoms with Crippen LogP contribution in [0.25, 0.3) is 21.1 Å². The average Bonchev–Trinajstić information content (AvgIpc) is 3.08. The molecule has 0 aliphatic heterocycles. The Kier molecular flexibility index (Phi) is 3.58. The van der Waals surface area contributed by atoms with Crippen LogP contribution in [0.2, 0.25) is 0 Å². The first-order valence-corrected chi connectivity index (χ1v) is 7.59. The predicted molar refractivity (Wildman–Crippen MR) is 80.0 cm³/mol. The molecule has 2 aromatic heterocycles. The Balaban J connectivity index is 2.09. The van der Waals surface area contributed by atoms with Crippen molar-refractivity contribution in [3.8, 4) is 21.1 Å². The van der Waals surface area contributed by atoms with Crippen LogP contribution in [0.4, 0.5) is 0 Å². The van der Waals surface area contributed by atoms with Gasteiger partial charge < -0.3 is 5.11 Å². The van der Waals surface area contributed by atoms with Crippen molar-refractivity contribution in [3.05, 3.63) is 46.9 Å². The Morgan fingerprint density at radius 3 is 2.70 bits per heavy atom. The van der Waals surface area contributed by atoms with Crippen LogP contribution in [-0.2, 0) is 11.2 Å². The zero-order chi connectivity index (χ0) is 13.9. The van der Waals surface area contributed by atoms with E-state index in [1.807, 2.05) is 30.3 Å². The summed E-state index contributed by atoms with van der Waals surface area (Å²) in [4.78, 5) is 21.4. The molecule has 2 heterocycles. The van der Waals surface area contributed by atoms with Gasteiger partial charge in [-0.1, -0.05) is 30.3 Å². The number of benzene rings is 1. The van der Waals surface area contributed by atoms with Gasteiger partial charge in [0.1, 0.15) is 5.01 Å². The van der Waals surface area contributed by atoms with E-state index in [2.05, 4.69) is 9.97 Å². The highest BCUT2D eigenvalue weighted by Gasteiger charge is 2.17. The first-order chi connectivity index (χ1) is 9.74. The van der Waals surface area contributed by atoms with Crippen LogP contribution >= 0.6 is 22.7 Å². The third-order valence-electron chi connectivity index (χ3n) is 2.70. The van der Waals surface area contributed by atoms with Crippen molar-refractivity contribution >= 4 is 28.6 Å². The molecule has 20 heavy (non-hydrogen) atoms. The molecule has 3 rings (SSSR count). The summed E-state index contributed by atoms with van der Waals surface area (Å²) in [5.41, 5.74) is 3.44. The van der Waals surface area contributed by atoms with E-state index in [0.717, 1.165) is 26.0 Å². The van der Waals surface area contributed by atoms with Crippen molar-refractivity contribution in [2.45, 2.75) is 6.42 Å². The molecule has 4 nitrogen and oxygen atoms in total. The second-order valence-corrected chi connectivity index (χ2v) is 6.06. The van der Waals surface area contributed by atoms with Crippen LogP contribution in [0, 0.1) is 0 Å². The number of thiazole rings is 2. The van der Waals surface area contributed by atoms with E-state index in [4.69, 9.17) is 5.11 Å². The lowest BCUT2D eigenvalue weighted by molar-refractivity contribution is -0.136. The molecule has 1 N–H and O–H groups in total. The molecule has 0 unspecified atom stereocenters. The minimum atomic E-state index is -0.846. The maximum absolute atomic E-state index is 11.0. The number of nitrogens with zero attached hydrogens (tertiary/aromatic N) is 2. The van der Waals surface area contributed by atoms with E-state index < -0.39 is 5.97 Å². The molecule has 0 aliphatic carbocycles. The highest BCUT2D eigenvalue weighted by atomic mass is 32.1. The van der Waals surface area contributed by atoms with E-state index >= 15 is 0 Å². The van der Waals surface area contributed by atoms with Crippen molar-refractivity contribution in [1.29, 1.82) is 0 Å². The lowest BCUT2D eigenvalue weighted by Gasteiger charge is -1.99. The molecule has 1 aromatic carbocycles. The quantitative estimate of drug-likeness (QED) is 0.800. The van der Waals surface area contributed by atoms with Crippen molar-refractivity contribution in [1.82, 2.24) is 9.97 Å². The van der Waals surface area contributed by atoms with Crippen LogP contribution < -0.4 is 0 Å². The van der Waals surface area contributed by atoms with Gasteiger partial charge in [-0.3, -0.25) is 9.78 Å². The number of carbonyl (C=O) groups is 1. The summed E-state index contributed by atoms with van der Waals surface area (Å²) in [6.45, 7) is 0. The standard InChI is InChI=1S/C14H10N2O2S2/c17-12(18)6-10-13(9-4-2-1-3-5-9)16-14(20-10)11-7-15-8-19-11/h1-5,7-8H,6H2,(H,17,18). The van der Waals surface area contributed by atoms with Crippen molar-refractivity contribution in [3.63, 3.8) is 0 Å². The van der Waals surface area contributed by atoms with E-state index in [1.165, 1.54) is 22.7 Å². The van der Waals surface area contributed by atoms with Gasteiger partial charge in [0, 0.05) is 16.6 Å². The van der Waals surface area contributed by atoms with Crippen LogP contribution in [0.5, 0.6) is 0 Å². The zero-order valence-electron chi connectivity index (χ0n) is 10.3. The maximum atomic E-state index is 11.0. The van der Waals surface area contributed by atoms with Gasteiger partial charge in [-0.05, 0) is 0 Å². The van der Waals surface area contributed by atoms with Crippen molar-refractivity contribution in [2.75, 3.05) is 0 Å². The van der Waals surface area contributed by atoms with E-state index in [9.17, 15) is 4.79 Å². The van der Waals surface area contributed by atoms with E-state index in [1.54, 1.807) is 11.7 Å². The SMILES string of the molecule is O=C(O)Cc1sc(-c2cncs2)nc1-c1ccccc1. The number of carboxylic acid groups (broad SMARTS) is 1. The Bertz CT molecular complexity index is 721. The fourth-order valence-electron chi connectivity index (χ4n) is 1.86. The molecule has 6 heteroatoms. The van der Waals surface area contributed by atoms with Gasteiger partial charge in [0.05, 0.1) is 22.5 Å². The van der Waals surface area contributed by atoms with Gasteiger partial charge in [0.25, 0.3) is 0 Å². The van der Waals surface area contributed by atoms with E-state index in [-0.39, 0.29) is 6.42 Å². The summed E-state index contributed by atoms with van der Waals surface area (Å²) in [6.07, 6.45) is 1.74. The number of carboxylic acids is 1. The van der Waals surface area contributed by atoms with Crippen molar-refractivity contribution in [2.24, 2.45) is 0 Å². The number of hydrogen-bond donors (Lipinski definition) is 1. The third kappa shape index (κ3) is 2.61. The Labute approximate surface area is 123 Å². The van der Waals surface area contributed by atoms with E-state index in [0.29, 0.717) is 0 Å². The molecule has 0 saturated carbocycles. The number of aliphatic carboxylic acids is 1. The predicted octanol–water partition coefficient (Wildman–Crippen LogP) is 3.56. The molecule has 3 aromatic rings. The molecule has 0 atom stereocenters. The normalized spacial score (nSPS) is 10.6. The zero-order valence-corrected chi connectivity index (χ0v) is 11.9. The van der Waals surface area contributed by atoms with Gasteiger partial charge in [0.2, 0.25) is 0 Å². The Morgan fingerprint density at radius 1 is 1.25 bits per heavy atom. The van der Waals surface area contributed by atoms with Crippen LogP contribution in [0.3, 0.4) is 0 Å². The minimum absolute atomic E-state index is 0.0132. The lowest BCUT2D eigenvalue weighted by Crippen LogP contribution is -1.99. The fraction of sp³-hybridized carbons (Fsp3) is 0.0714. The van der Waals surface area contributed by atoms with Gasteiger partial charge in [0.15, 0.2) is 0 Å². The summed E-state index contributed by atoms with van der Waals surface area (Å²) in [7, 11) is 0. The third-order valence-corrected chi connectivity index (χ3v) is 4.70. The Morgan fingerprint density at radius 2 is 2.05 bits per heavy atom. The maximum Gasteiger partial charge on any atom is 0.308 e. The van der Waals surface area contributed by atoms with Crippen LogP contribution in [0.1, 0.15) is 4.88 Å². The molecule has 0 bridgehead atoms. The summed E-state index contributed by atoms with van der Waals surface area (Å²) in [5, 5.41) is 9.87. The first-order valence-electron chi connectivity index (χ1n) is 5.90. The molecule has 100 valence electrons. The van der Waals surface area contributed by atoms with Crippen LogP contribution in [-0.4, -0.2) is 21.0 Å². The number of aromatic nitrogens is 2. The monoisotopic (exact) mass is 302 g/mol. The first kappa shape index (κ1) is 13.0. The molecule has 0 amide bonds. The minimum Gasteiger partial charge on any atom is -0.481 e. The second kappa shape index (κ2) is 5.52. The summed E-state index contributed by atoms with van der Waals surface area (Å²) < 4.78 is 0. The molecule has 0 fully saturated rings. The highest BCUT2D eigenvalue weighted by molar-refractivity contribution is 7.21. The summed E-state index contributed by atoms with van der Waals surface area (Å²) in [5.74, 6) is -0.846. The molecule has 0 aliphatic rings. The fourth-order valence-corrected chi connectivity index (χ4v) is 3.61. The smallest absolute Gasteiger partial charge is 0.308 e. The van der Waals surface area contributed by atoms with Gasteiger partial charge >= 0.3 is 5.97 Å². The Hall–Kier alpha value is -2.05. The van der Waals surface area contributed by atoms with Crippen LogP contribution in [0.15, 0.2) is 42.0 Å². The van der Waals surface area contributed by atoms with Crippen molar-refractivity contribution < 1.29 is 9.90 Å². The van der Waals surface area contributed by atoms with Gasteiger partial charge in [-0.2, -0.15) is 0 Å². The molecule has 0 saturated heterocycles. The number of hydrogen-bond acceptors (Lipinski definition) is 5. The highest BCUT2D eigenvalue weighted by Crippen LogP contribution is 2.35. The largest absolute Gasteiger partial charge is 0.481 e. The molecular weight excluding hydrogens is 292 g/mol. The second-order valence-electron chi connectivity index (χ2n) is 4.09. The summed E-state index contributed by atoms with van der Waals surface area (Å²) in [6, 6.07) is 9.65. The molecule has 0 radical (unpaired) electrons. The average molecular weight is 302 g/mol. The summed E-state index contributed by atoms with van der Waals surface area (Å²) >= 11 is 2.92. The number of rotatable bonds is 4. The van der Waals surface area contributed by atoms with Gasteiger partial charge in [-0.15, -0.1) is 22.7 Å². The molecular formula is C14H10N2O2S2. The molecule has 0 spiro atoms.